The molecule has 2 aromatic heterocycles. The van der Waals surface area contributed by atoms with E-state index >= 15 is 0 Å². The number of esters is 1. The van der Waals surface area contributed by atoms with Gasteiger partial charge in [0.05, 0.1) is 24.1 Å². The number of carbonyl (C=O) groups excluding carboxylic acids is 2. The lowest BCUT2D eigenvalue weighted by Gasteiger charge is -2.05. The summed E-state index contributed by atoms with van der Waals surface area (Å²) in [6.07, 6.45) is 1.35. The van der Waals surface area contributed by atoms with Gasteiger partial charge in [-0.2, -0.15) is 5.10 Å². The number of nitrogens with zero attached hydrogens (tertiary/aromatic N) is 1. The fourth-order valence-electron chi connectivity index (χ4n) is 1.61. The Balaban J connectivity index is 2.23. The van der Waals surface area contributed by atoms with E-state index in [1.807, 2.05) is 6.92 Å². The Bertz CT molecular complexity index is 647. The molecule has 2 rings (SSSR count). The third-order valence-electron chi connectivity index (χ3n) is 2.47. The molecule has 106 valence electrons. The number of rotatable bonds is 4. The maximum absolute atomic E-state index is 12.0. The van der Waals surface area contributed by atoms with Gasteiger partial charge >= 0.3 is 5.97 Å². The van der Waals surface area contributed by atoms with Crippen molar-refractivity contribution in [3.05, 3.63) is 28.4 Å². The van der Waals surface area contributed by atoms with Gasteiger partial charge in [-0.15, -0.1) is 11.3 Å². The molecule has 20 heavy (non-hydrogen) atoms. The van der Waals surface area contributed by atoms with E-state index in [9.17, 15) is 9.59 Å². The van der Waals surface area contributed by atoms with Crippen molar-refractivity contribution in [3.8, 4) is 0 Å². The summed E-state index contributed by atoms with van der Waals surface area (Å²) < 4.78 is 4.95. The zero-order chi connectivity index (χ0) is 14.7. The van der Waals surface area contributed by atoms with Gasteiger partial charge in [0.15, 0.2) is 0 Å². The van der Waals surface area contributed by atoms with Crippen molar-refractivity contribution in [2.75, 3.05) is 17.7 Å². The summed E-state index contributed by atoms with van der Waals surface area (Å²) in [7, 11) is 0. The van der Waals surface area contributed by atoms with Gasteiger partial charge in [-0.1, -0.05) is 0 Å². The van der Waals surface area contributed by atoms with Gasteiger partial charge in [-0.25, -0.2) is 4.79 Å². The zero-order valence-electron chi connectivity index (χ0n) is 11.0. The second-order valence-corrected chi connectivity index (χ2v) is 5.23. The number of hydrogen-bond donors (Lipinski definition) is 3. The predicted octanol–water partition coefficient (Wildman–Crippen LogP) is 1.79. The first-order valence-corrected chi connectivity index (χ1v) is 6.72. The lowest BCUT2D eigenvalue weighted by atomic mass is 10.3. The summed E-state index contributed by atoms with van der Waals surface area (Å²) in [5.74, 6) is -0.919. The van der Waals surface area contributed by atoms with E-state index in [-0.39, 0.29) is 18.0 Å². The van der Waals surface area contributed by atoms with Crippen molar-refractivity contribution in [2.24, 2.45) is 0 Å². The van der Waals surface area contributed by atoms with Gasteiger partial charge in [-0.3, -0.25) is 9.89 Å². The van der Waals surface area contributed by atoms with Gasteiger partial charge in [0.2, 0.25) is 0 Å². The van der Waals surface area contributed by atoms with Crippen LogP contribution in [0.5, 0.6) is 0 Å². The van der Waals surface area contributed by atoms with Crippen LogP contribution in [0, 0.1) is 6.92 Å². The second-order valence-electron chi connectivity index (χ2n) is 3.97. The van der Waals surface area contributed by atoms with E-state index in [0.29, 0.717) is 10.6 Å². The molecule has 1 amide bonds. The number of nitrogen functional groups attached to an aromatic ring is 1. The van der Waals surface area contributed by atoms with Gasteiger partial charge in [0.1, 0.15) is 10.7 Å². The predicted molar refractivity (Wildman–Crippen MR) is 76.0 cm³/mol. The second kappa shape index (κ2) is 5.74. The van der Waals surface area contributed by atoms with Crippen molar-refractivity contribution in [2.45, 2.75) is 13.8 Å². The van der Waals surface area contributed by atoms with Crippen molar-refractivity contribution in [1.82, 2.24) is 10.2 Å². The van der Waals surface area contributed by atoms with Crippen LogP contribution in [0.2, 0.25) is 0 Å². The van der Waals surface area contributed by atoms with Crippen LogP contribution in [0.4, 0.5) is 10.7 Å². The Labute approximate surface area is 119 Å². The number of H-pyrrole nitrogens is 1. The smallest absolute Gasteiger partial charge is 0.341 e. The highest BCUT2D eigenvalue weighted by molar-refractivity contribution is 7.16. The number of nitrogens with two attached hydrogens (primary N) is 1. The Morgan fingerprint density at radius 2 is 2.30 bits per heavy atom. The molecule has 0 aromatic carbocycles. The summed E-state index contributed by atoms with van der Waals surface area (Å²) in [6, 6.07) is 1.68. The minimum absolute atomic E-state index is 0.158. The van der Waals surface area contributed by atoms with Crippen LogP contribution in [-0.2, 0) is 4.74 Å². The Morgan fingerprint density at radius 3 is 2.90 bits per heavy atom. The van der Waals surface area contributed by atoms with Gasteiger partial charge in [-0.05, 0) is 19.9 Å². The Hall–Kier alpha value is -2.35. The van der Waals surface area contributed by atoms with E-state index in [2.05, 4.69) is 15.5 Å². The highest BCUT2D eigenvalue weighted by atomic mass is 32.1. The zero-order valence-corrected chi connectivity index (χ0v) is 11.8. The average molecular weight is 294 g/mol. The number of thiophene rings is 1. The maximum Gasteiger partial charge on any atom is 0.341 e. The molecule has 0 bridgehead atoms. The number of aromatic nitrogens is 2. The minimum atomic E-state index is -0.468. The lowest BCUT2D eigenvalue weighted by Crippen LogP contribution is -2.15. The van der Waals surface area contributed by atoms with Gasteiger partial charge in [0.25, 0.3) is 5.91 Å². The number of anilines is 2. The van der Waals surface area contributed by atoms with Crippen LogP contribution in [0.3, 0.4) is 0 Å². The summed E-state index contributed by atoms with van der Waals surface area (Å²) >= 11 is 1.29. The first-order chi connectivity index (χ1) is 9.52. The number of aromatic amines is 1. The lowest BCUT2D eigenvalue weighted by molar-refractivity contribution is 0.0528. The molecule has 0 aliphatic heterocycles. The number of carbonyl (C=O) groups is 2. The number of aryl methyl sites for hydroxylation is 1. The fraction of sp³-hybridized carbons (Fsp3) is 0.250. The molecule has 0 saturated heterocycles. The standard InChI is InChI=1S/C12H14N4O3S/c1-3-19-12(18)7-4-6(2)20-11(7)15-10(17)9-8(13)5-14-16-9/h4-5H,3,13H2,1-2H3,(H,14,16)(H,15,17). The van der Waals surface area contributed by atoms with E-state index in [1.54, 1.807) is 13.0 Å². The monoisotopic (exact) mass is 294 g/mol. The molecule has 2 aromatic rings. The summed E-state index contributed by atoms with van der Waals surface area (Å²) in [4.78, 5) is 24.7. The SMILES string of the molecule is CCOC(=O)c1cc(C)sc1NC(=O)c1[nH]ncc1N. The summed E-state index contributed by atoms with van der Waals surface area (Å²) in [5, 5.41) is 9.26. The average Bonchev–Trinajstić information content (AvgIpc) is 2.96. The molecule has 0 fully saturated rings. The molecular formula is C12H14N4O3S. The molecular weight excluding hydrogens is 280 g/mol. The summed E-state index contributed by atoms with van der Waals surface area (Å²) in [6.45, 7) is 3.84. The number of hydrogen-bond acceptors (Lipinski definition) is 6. The maximum atomic E-state index is 12.0. The highest BCUT2D eigenvalue weighted by Crippen LogP contribution is 2.29. The van der Waals surface area contributed by atoms with Crippen molar-refractivity contribution >= 4 is 33.9 Å². The third-order valence-corrected chi connectivity index (χ3v) is 3.44. The van der Waals surface area contributed by atoms with Crippen molar-refractivity contribution in [1.29, 1.82) is 0 Å². The first-order valence-electron chi connectivity index (χ1n) is 5.90. The van der Waals surface area contributed by atoms with Crippen LogP contribution >= 0.6 is 11.3 Å². The number of ether oxygens (including phenoxy) is 1. The first kappa shape index (κ1) is 14.1. The highest BCUT2D eigenvalue weighted by Gasteiger charge is 2.20. The largest absolute Gasteiger partial charge is 0.462 e. The normalized spacial score (nSPS) is 10.3. The molecule has 0 aliphatic carbocycles. The molecule has 0 unspecified atom stereocenters. The molecule has 0 saturated carbocycles. The van der Waals surface area contributed by atoms with Crippen LogP contribution in [-0.4, -0.2) is 28.7 Å². The van der Waals surface area contributed by atoms with E-state index in [1.165, 1.54) is 17.5 Å². The van der Waals surface area contributed by atoms with Crippen molar-refractivity contribution < 1.29 is 14.3 Å². The quantitative estimate of drug-likeness (QED) is 0.745. The molecule has 0 spiro atoms. The number of amides is 1. The van der Waals surface area contributed by atoms with Crippen LogP contribution < -0.4 is 11.1 Å². The molecule has 0 aliphatic rings. The van der Waals surface area contributed by atoms with E-state index in [0.717, 1.165) is 4.88 Å². The fourth-order valence-corrected chi connectivity index (χ4v) is 2.51. The van der Waals surface area contributed by atoms with Crippen LogP contribution in [0.25, 0.3) is 0 Å². The van der Waals surface area contributed by atoms with E-state index in [4.69, 9.17) is 10.5 Å². The topological polar surface area (TPSA) is 110 Å². The van der Waals surface area contributed by atoms with Gasteiger partial charge < -0.3 is 15.8 Å². The van der Waals surface area contributed by atoms with Crippen LogP contribution in [0.1, 0.15) is 32.6 Å². The minimum Gasteiger partial charge on any atom is -0.462 e. The Morgan fingerprint density at radius 1 is 1.55 bits per heavy atom. The number of nitrogens with one attached hydrogen (secondary N) is 2. The Kier molecular flexibility index (Phi) is 4.04. The molecule has 7 nitrogen and oxygen atoms in total. The van der Waals surface area contributed by atoms with Gasteiger partial charge in [0, 0.05) is 4.88 Å². The third kappa shape index (κ3) is 2.80. The molecule has 0 atom stereocenters. The summed E-state index contributed by atoms with van der Waals surface area (Å²) in [5.41, 5.74) is 6.34. The van der Waals surface area contributed by atoms with Crippen molar-refractivity contribution in [3.63, 3.8) is 0 Å². The molecule has 2 heterocycles. The molecule has 8 heteroatoms. The molecule has 0 radical (unpaired) electrons. The molecule has 4 N–H and O–H groups in total. The van der Waals surface area contributed by atoms with E-state index < -0.39 is 11.9 Å². The van der Waals surface area contributed by atoms with Crippen LogP contribution in [0.15, 0.2) is 12.3 Å².